The molecule has 0 fully saturated rings. The Bertz CT molecular complexity index is 703. The highest BCUT2D eigenvalue weighted by molar-refractivity contribution is 5.59. The molecule has 0 bridgehead atoms. The third kappa shape index (κ3) is 3.79. The lowest BCUT2D eigenvalue weighted by atomic mass is 10.1. The van der Waals surface area contributed by atoms with E-state index in [0.29, 0.717) is 24.5 Å². The molecule has 0 saturated carbocycles. The Morgan fingerprint density at radius 2 is 2.09 bits per heavy atom. The molecule has 0 spiro atoms. The summed E-state index contributed by atoms with van der Waals surface area (Å²) < 4.78 is 42.6. The molecule has 23 heavy (non-hydrogen) atoms. The van der Waals surface area contributed by atoms with Gasteiger partial charge in [0.05, 0.1) is 0 Å². The smallest absolute Gasteiger partial charge is 0.389 e. The Morgan fingerprint density at radius 3 is 2.83 bits per heavy atom. The van der Waals surface area contributed by atoms with Crippen molar-refractivity contribution in [3.05, 3.63) is 41.7 Å². The van der Waals surface area contributed by atoms with Crippen molar-refractivity contribution < 1.29 is 17.9 Å². The molecular weight excluding hydrogens is 307 g/mol. The van der Waals surface area contributed by atoms with Crippen molar-refractivity contribution in [3.63, 3.8) is 0 Å². The van der Waals surface area contributed by atoms with Crippen LogP contribution in [-0.4, -0.2) is 28.8 Å². The largest absolute Gasteiger partial charge is 0.488 e. The van der Waals surface area contributed by atoms with Gasteiger partial charge in [0.25, 0.3) is 0 Å². The van der Waals surface area contributed by atoms with E-state index in [1.165, 1.54) is 12.3 Å². The first-order valence-corrected chi connectivity index (χ1v) is 7.33. The quantitative estimate of drug-likeness (QED) is 0.940. The van der Waals surface area contributed by atoms with E-state index < -0.39 is 12.6 Å². The minimum Gasteiger partial charge on any atom is -0.488 e. The molecule has 2 N–H and O–H groups in total. The van der Waals surface area contributed by atoms with Crippen LogP contribution < -0.4 is 10.5 Å². The van der Waals surface area contributed by atoms with E-state index in [0.717, 1.165) is 16.9 Å². The normalized spacial score (nSPS) is 17.0. The van der Waals surface area contributed by atoms with E-state index in [4.69, 9.17) is 10.5 Å². The first kappa shape index (κ1) is 15.7. The lowest BCUT2D eigenvalue weighted by Crippen LogP contribution is -2.24. The molecule has 1 aromatic heterocycles. The van der Waals surface area contributed by atoms with Crippen molar-refractivity contribution in [2.24, 2.45) is 5.73 Å². The Balaban J connectivity index is 1.80. The van der Waals surface area contributed by atoms with Crippen molar-refractivity contribution >= 4 is 0 Å². The summed E-state index contributed by atoms with van der Waals surface area (Å²) in [5, 5.41) is 0. The van der Waals surface area contributed by atoms with Crippen LogP contribution in [0, 0.1) is 0 Å². The number of hydrogen-bond acceptors (Lipinski definition) is 4. The predicted octanol–water partition coefficient (Wildman–Crippen LogP) is 2.90. The van der Waals surface area contributed by atoms with Crippen LogP contribution in [0.25, 0.3) is 11.4 Å². The Kier molecular flexibility index (Phi) is 4.21. The van der Waals surface area contributed by atoms with E-state index in [-0.39, 0.29) is 12.5 Å². The summed E-state index contributed by atoms with van der Waals surface area (Å²) in [6, 6.07) is 7.05. The Hall–Kier alpha value is -2.15. The summed E-state index contributed by atoms with van der Waals surface area (Å²) >= 11 is 0. The number of benzene rings is 1. The van der Waals surface area contributed by atoms with Crippen LogP contribution in [-0.2, 0) is 12.8 Å². The molecule has 1 aliphatic rings. The second kappa shape index (κ2) is 6.16. The third-order valence-electron chi connectivity index (χ3n) is 3.70. The number of aryl methyl sites for hydroxylation is 1. The number of ether oxygens (including phenoxy) is 1. The van der Waals surface area contributed by atoms with Crippen LogP contribution in [0.5, 0.6) is 5.75 Å². The molecule has 2 aromatic rings. The SMILES string of the molecule is NC[C@H]1Cc2cc(-c3nccc(CCC(F)(F)F)n3)ccc2O1. The number of hydrogen-bond donors (Lipinski definition) is 1. The second-order valence-electron chi connectivity index (χ2n) is 5.49. The van der Waals surface area contributed by atoms with Crippen molar-refractivity contribution in [1.29, 1.82) is 0 Å². The first-order valence-electron chi connectivity index (χ1n) is 7.33. The minimum atomic E-state index is -4.19. The monoisotopic (exact) mass is 323 g/mol. The van der Waals surface area contributed by atoms with Gasteiger partial charge in [0.15, 0.2) is 5.82 Å². The molecule has 1 atom stereocenters. The second-order valence-corrected chi connectivity index (χ2v) is 5.49. The first-order chi connectivity index (χ1) is 10.9. The molecule has 4 nitrogen and oxygen atoms in total. The van der Waals surface area contributed by atoms with E-state index in [2.05, 4.69) is 9.97 Å². The predicted molar refractivity (Wildman–Crippen MR) is 79.0 cm³/mol. The summed E-state index contributed by atoms with van der Waals surface area (Å²) in [7, 11) is 0. The van der Waals surface area contributed by atoms with Gasteiger partial charge in [-0.3, -0.25) is 0 Å². The number of nitrogens with two attached hydrogens (primary N) is 1. The Morgan fingerprint density at radius 1 is 1.26 bits per heavy atom. The van der Waals surface area contributed by atoms with Crippen molar-refractivity contribution in [2.75, 3.05) is 6.54 Å². The molecule has 122 valence electrons. The molecule has 1 aromatic carbocycles. The van der Waals surface area contributed by atoms with Crippen molar-refractivity contribution in [3.8, 4) is 17.1 Å². The van der Waals surface area contributed by atoms with Gasteiger partial charge in [0.1, 0.15) is 11.9 Å². The van der Waals surface area contributed by atoms with Gasteiger partial charge in [0.2, 0.25) is 0 Å². The molecule has 3 rings (SSSR count). The molecule has 0 aliphatic carbocycles. The zero-order valence-electron chi connectivity index (χ0n) is 12.3. The summed E-state index contributed by atoms with van der Waals surface area (Å²) in [5.41, 5.74) is 7.77. The van der Waals surface area contributed by atoms with Crippen LogP contribution in [0.2, 0.25) is 0 Å². The average Bonchev–Trinajstić information content (AvgIpc) is 2.95. The zero-order valence-corrected chi connectivity index (χ0v) is 12.3. The Labute approximate surface area is 131 Å². The summed E-state index contributed by atoms with van der Waals surface area (Å²) in [4.78, 5) is 8.39. The van der Waals surface area contributed by atoms with E-state index in [9.17, 15) is 13.2 Å². The summed E-state index contributed by atoms with van der Waals surface area (Å²) in [6.07, 6.45) is -3.05. The van der Waals surface area contributed by atoms with Gasteiger partial charge < -0.3 is 10.5 Å². The fourth-order valence-corrected chi connectivity index (χ4v) is 2.54. The number of aromatic nitrogens is 2. The molecule has 0 radical (unpaired) electrons. The lowest BCUT2D eigenvalue weighted by Gasteiger charge is -2.07. The molecule has 0 amide bonds. The number of fused-ring (bicyclic) bond motifs is 1. The van der Waals surface area contributed by atoms with Gasteiger partial charge in [-0.1, -0.05) is 0 Å². The zero-order chi connectivity index (χ0) is 16.4. The van der Waals surface area contributed by atoms with E-state index in [1.807, 2.05) is 12.1 Å². The van der Waals surface area contributed by atoms with Crippen LogP contribution in [0.15, 0.2) is 30.5 Å². The van der Waals surface area contributed by atoms with E-state index >= 15 is 0 Å². The van der Waals surface area contributed by atoms with Crippen LogP contribution >= 0.6 is 0 Å². The highest BCUT2D eigenvalue weighted by Crippen LogP contribution is 2.32. The van der Waals surface area contributed by atoms with Crippen LogP contribution in [0.3, 0.4) is 0 Å². The number of alkyl halides is 3. The van der Waals surface area contributed by atoms with Gasteiger partial charge in [0, 0.05) is 36.8 Å². The van der Waals surface area contributed by atoms with Gasteiger partial charge in [-0.25, -0.2) is 9.97 Å². The summed E-state index contributed by atoms with van der Waals surface area (Å²) in [6.45, 7) is 0.438. The fraction of sp³-hybridized carbons (Fsp3) is 0.375. The van der Waals surface area contributed by atoms with Crippen molar-refractivity contribution in [2.45, 2.75) is 31.5 Å². The molecular formula is C16H16F3N3O. The maximum atomic E-state index is 12.3. The number of nitrogens with zero attached hydrogens (tertiary/aromatic N) is 2. The van der Waals surface area contributed by atoms with Gasteiger partial charge in [-0.2, -0.15) is 13.2 Å². The maximum absolute atomic E-state index is 12.3. The molecule has 7 heteroatoms. The topological polar surface area (TPSA) is 61.0 Å². The minimum absolute atomic E-state index is 0.0284. The highest BCUT2D eigenvalue weighted by Gasteiger charge is 2.27. The highest BCUT2D eigenvalue weighted by atomic mass is 19.4. The standard InChI is InChI=1S/C16H16F3N3O/c17-16(18,19)5-3-12-4-6-21-15(22-12)10-1-2-14-11(7-10)8-13(9-20)23-14/h1-2,4,6-7,13H,3,5,8-9,20H2/t13-/m1/s1. The molecule has 0 saturated heterocycles. The van der Waals surface area contributed by atoms with Crippen LogP contribution in [0.1, 0.15) is 17.7 Å². The lowest BCUT2D eigenvalue weighted by molar-refractivity contribution is -0.134. The third-order valence-corrected chi connectivity index (χ3v) is 3.70. The van der Waals surface area contributed by atoms with Crippen molar-refractivity contribution in [1.82, 2.24) is 9.97 Å². The van der Waals surface area contributed by atoms with Gasteiger partial charge >= 0.3 is 6.18 Å². The number of rotatable bonds is 4. The maximum Gasteiger partial charge on any atom is 0.389 e. The molecule has 0 unspecified atom stereocenters. The number of halogens is 3. The molecule has 2 heterocycles. The van der Waals surface area contributed by atoms with Gasteiger partial charge in [-0.05, 0) is 36.2 Å². The fourth-order valence-electron chi connectivity index (χ4n) is 2.54. The summed E-state index contributed by atoms with van der Waals surface area (Å²) in [5.74, 6) is 1.21. The molecule has 1 aliphatic heterocycles. The van der Waals surface area contributed by atoms with E-state index in [1.54, 1.807) is 6.07 Å². The van der Waals surface area contributed by atoms with Crippen LogP contribution in [0.4, 0.5) is 13.2 Å². The van der Waals surface area contributed by atoms with Gasteiger partial charge in [-0.15, -0.1) is 0 Å². The average molecular weight is 323 g/mol.